The molecule has 0 heterocycles. The summed E-state index contributed by atoms with van der Waals surface area (Å²) >= 11 is 3.54. The van der Waals surface area contributed by atoms with Gasteiger partial charge in [0.2, 0.25) is 0 Å². The highest BCUT2D eigenvalue weighted by Gasteiger charge is 2.04. The molecule has 2 heteroatoms. The van der Waals surface area contributed by atoms with Crippen LogP contribution >= 0.6 is 15.9 Å². The molecule has 0 atom stereocenters. The second-order valence-electron chi connectivity index (χ2n) is 3.16. The Hall–Kier alpha value is -0.500. The molecule has 0 bridgehead atoms. The fourth-order valence-corrected chi connectivity index (χ4v) is 1.92. The van der Waals surface area contributed by atoms with Crippen molar-refractivity contribution in [1.29, 1.82) is 0 Å². The first kappa shape index (κ1) is 10.6. The zero-order chi connectivity index (χ0) is 9.84. The van der Waals surface area contributed by atoms with Crippen LogP contribution in [-0.4, -0.2) is 7.11 Å². The summed E-state index contributed by atoms with van der Waals surface area (Å²) in [5, 5.41) is 0. The van der Waals surface area contributed by atoms with Gasteiger partial charge in [-0.3, -0.25) is 0 Å². The van der Waals surface area contributed by atoms with Crippen molar-refractivity contribution in [2.45, 2.75) is 26.7 Å². The third kappa shape index (κ3) is 2.47. The SMILES string of the molecule is CCCc1cc(C)c(OC)cc1Br. The Labute approximate surface area is 88.2 Å². The van der Waals surface area contributed by atoms with Crippen molar-refractivity contribution in [2.75, 3.05) is 7.11 Å². The van der Waals surface area contributed by atoms with Gasteiger partial charge in [-0.15, -0.1) is 0 Å². The van der Waals surface area contributed by atoms with Crippen molar-refractivity contribution < 1.29 is 4.74 Å². The summed E-state index contributed by atoms with van der Waals surface area (Å²) in [7, 11) is 1.70. The van der Waals surface area contributed by atoms with Gasteiger partial charge in [-0.2, -0.15) is 0 Å². The molecule has 0 fully saturated rings. The van der Waals surface area contributed by atoms with Crippen molar-refractivity contribution in [3.63, 3.8) is 0 Å². The molecular weight excluding hydrogens is 228 g/mol. The predicted molar refractivity (Wildman–Crippen MR) is 59.4 cm³/mol. The first-order valence-electron chi connectivity index (χ1n) is 4.52. The highest BCUT2D eigenvalue weighted by molar-refractivity contribution is 9.10. The molecule has 0 amide bonds. The maximum atomic E-state index is 5.23. The Bertz CT molecular complexity index is 294. The lowest BCUT2D eigenvalue weighted by Gasteiger charge is -2.09. The van der Waals surface area contributed by atoms with Gasteiger partial charge < -0.3 is 4.74 Å². The van der Waals surface area contributed by atoms with Crippen LogP contribution in [-0.2, 0) is 6.42 Å². The second-order valence-corrected chi connectivity index (χ2v) is 4.02. The van der Waals surface area contributed by atoms with E-state index in [1.165, 1.54) is 17.5 Å². The van der Waals surface area contributed by atoms with Crippen LogP contribution in [0.5, 0.6) is 5.75 Å². The van der Waals surface area contributed by atoms with Crippen molar-refractivity contribution in [3.8, 4) is 5.75 Å². The average molecular weight is 243 g/mol. The summed E-state index contributed by atoms with van der Waals surface area (Å²) in [4.78, 5) is 0. The minimum absolute atomic E-state index is 0.951. The van der Waals surface area contributed by atoms with E-state index < -0.39 is 0 Å². The van der Waals surface area contributed by atoms with Crippen molar-refractivity contribution in [1.82, 2.24) is 0 Å². The third-order valence-corrected chi connectivity index (χ3v) is 2.82. The molecule has 1 aromatic carbocycles. The number of aryl methyl sites for hydroxylation is 2. The number of hydrogen-bond donors (Lipinski definition) is 0. The van der Waals surface area contributed by atoms with E-state index in [0.717, 1.165) is 16.6 Å². The van der Waals surface area contributed by atoms with E-state index in [-0.39, 0.29) is 0 Å². The summed E-state index contributed by atoms with van der Waals surface area (Å²) in [6.45, 7) is 4.26. The zero-order valence-electron chi connectivity index (χ0n) is 8.36. The number of benzene rings is 1. The lowest BCUT2D eigenvalue weighted by molar-refractivity contribution is 0.411. The average Bonchev–Trinajstić information content (AvgIpc) is 2.11. The Balaban J connectivity index is 3.05. The maximum absolute atomic E-state index is 5.23. The van der Waals surface area contributed by atoms with Crippen LogP contribution in [0.2, 0.25) is 0 Å². The van der Waals surface area contributed by atoms with E-state index in [0.29, 0.717) is 0 Å². The Morgan fingerprint density at radius 3 is 2.62 bits per heavy atom. The van der Waals surface area contributed by atoms with E-state index >= 15 is 0 Å². The number of methoxy groups -OCH3 is 1. The maximum Gasteiger partial charge on any atom is 0.122 e. The molecule has 1 rings (SSSR count). The normalized spacial score (nSPS) is 10.2. The minimum atomic E-state index is 0.951. The van der Waals surface area contributed by atoms with Crippen molar-refractivity contribution in [3.05, 3.63) is 27.7 Å². The van der Waals surface area contributed by atoms with Crippen LogP contribution in [0.25, 0.3) is 0 Å². The summed E-state index contributed by atoms with van der Waals surface area (Å²) < 4.78 is 6.38. The fourth-order valence-electron chi connectivity index (χ4n) is 1.40. The topological polar surface area (TPSA) is 9.23 Å². The monoisotopic (exact) mass is 242 g/mol. The van der Waals surface area contributed by atoms with Gasteiger partial charge >= 0.3 is 0 Å². The van der Waals surface area contributed by atoms with Gasteiger partial charge in [0.25, 0.3) is 0 Å². The molecule has 0 aliphatic heterocycles. The standard InChI is InChI=1S/C11H15BrO/c1-4-5-9-6-8(2)11(13-3)7-10(9)12/h6-7H,4-5H2,1-3H3. The zero-order valence-corrected chi connectivity index (χ0v) is 9.94. The minimum Gasteiger partial charge on any atom is -0.496 e. The largest absolute Gasteiger partial charge is 0.496 e. The van der Waals surface area contributed by atoms with E-state index in [1.807, 2.05) is 6.07 Å². The van der Waals surface area contributed by atoms with Crippen LogP contribution in [0.1, 0.15) is 24.5 Å². The molecule has 1 nitrogen and oxygen atoms in total. The molecule has 0 spiro atoms. The van der Waals surface area contributed by atoms with E-state index in [1.54, 1.807) is 7.11 Å². The summed E-state index contributed by atoms with van der Waals surface area (Å²) in [6.07, 6.45) is 2.29. The third-order valence-electron chi connectivity index (χ3n) is 2.08. The van der Waals surface area contributed by atoms with E-state index in [4.69, 9.17) is 4.74 Å². The summed E-state index contributed by atoms with van der Waals surface area (Å²) in [5.74, 6) is 0.951. The van der Waals surface area contributed by atoms with Gasteiger partial charge in [-0.25, -0.2) is 0 Å². The highest BCUT2D eigenvalue weighted by Crippen LogP contribution is 2.27. The Morgan fingerprint density at radius 1 is 1.38 bits per heavy atom. The van der Waals surface area contributed by atoms with Crippen LogP contribution in [0.4, 0.5) is 0 Å². The smallest absolute Gasteiger partial charge is 0.122 e. The Kier molecular flexibility index (Phi) is 3.79. The molecule has 0 aliphatic rings. The van der Waals surface area contributed by atoms with Gasteiger partial charge in [0.15, 0.2) is 0 Å². The highest BCUT2D eigenvalue weighted by atomic mass is 79.9. The number of hydrogen-bond acceptors (Lipinski definition) is 1. The van der Waals surface area contributed by atoms with Crippen LogP contribution in [0.3, 0.4) is 0 Å². The summed E-state index contributed by atoms with van der Waals surface area (Å²) in [6, 6.07) is 4.23. The van der Waals surface area contributed by atoms with Crippen LogP contribution in [0.15, 0.2) is 16.6 Å². The molecule has 0 aliphatic carbocycles. The first-order valence-corrected chi connectivity index (χ1v) is 5.31. The predicted octanol–water partition coefficient (Wildman–Crippen LogP) is 3.72. The summed E-state index contributed by atoms with van der Waals surface area (Å²) in [5.41, 5.74) is 2.56. The van der Waals surface area contributed by atoms with Gasteiger partial charge in [-0.1, -0.05) is 35.3 Å². The number of halogens is 1. The quantitative estimate of drug-likeness (QED) is 0.786. The van der Waals surface area contributed by atoms with E-state index in [2.05, 4.69) is 35.8 Å². The molecule has 72 valence electrons. The second kappa shape index (κ2) is 4.66. The molecule has 0 radical (unpaired) electrons. The van der Waals surface area contributed by atoms with Crippen LogP contribution in [0, 0.1) is 6.92 Å². The Morgan fingerprint density at radius 2 is 2.08 bits per heavy atom. The van der Waals surface area contributed by atoms with E-state index in [9.17, 15) is 0 Å². The first-order chi connectivity index (χ1) is 6.19. The lowest BCUT2D eigenvalue weighted by Crippen LogP contribution is -1.91. The fraction of sp³-hybridized carbons (Fsp3) is 0.455. The van der Waals surface area contributed by atoms with Gasteiger partial charge in [-0.05, 0) is 30.5 Å². The van der Waals surface area contributed by atoms with Crippen molar-refractivity contribution >= 4 is 15.9 Å². The van der Waals surface area contributed by atoms with Gasteiger partial charge in [0.1, 0.15) is 5.75 Å². The number of ether oxygens (including phenoxy) is 1. The van der Waals surface area contributed by atoms with Gasteiger partial charge in [0, 0.05) is 4.47 Å². The molecule has 1 aromatic rings. The van der Waals surface area contributed by atoms with Crippen LogP contribution < -0.4 is 4.74 Å². The molecule has 13 heavy (non-hydrogen) atoms. The van der Waals surface area contributed by atoms with Crippen molar-refractivity contribution in [2.24, 2.45) is 0 Å². The molecule has 0 aromatic heterocycles. The number of rotatable bonds is 3. The molecular formula is C11H15BrO. The van der Waals surface area contributed by atoms with Gasteiger partial charge in [0.05, 0.1) is 7.11 Å². The molecule has 0 saturated heterocycles. The molecule has 0 unspecified atom stereocenters. The lowest BCUT2D eigenvalue weighted by atomic mass is 10.1. The molecule has 0 saturated carbocycles. The molecule has 0 N–H and O–H groups in total.